The molecular weight excluding hydrogens is 295 g/mol. The highest BCUT2D eigenvalue weighted by Crippen LogP contribution is 2.28. The predicted molar refractivity (Wildman–Crippen MR) is 79.7 cm³/mol. The Morgan fingerprint density at radius 2 is 2.10 bits per heavy atom. The lowest BCUT2D eigenvalue weighted by molar-refractivity contribution is -0.134. The molecule has 2 rings (SSSR count). The van der Waals surface area contributed by atoms with Crippen LogP contribution in [0.25, 0.3) is 0 Å². The average molecular weight is 313 g/mol. The van der Waals surface area contributed by atoms with Gasteiger partial charge in [-0.1, -0.05) is 31.9 Å². The molecule has 1 aliphatic rings. The van der Waals surface area contributed by atoms with Gasteiger partial charge in [0.2, 0.25) is 5.91 Å². The smallest absolute Gasteiger partial charge is 0.250 e. The van der Waals surface area contributed by atoms with Crippen LogP contribution < -0.4 is 10.2 Å². The van der Waals surface area contributed by atoms with Gasteiger partial charge in [-0.05, 0) is 31.0 Å². The van der Waals surface area contributed by atoms with E-state index in [1.165, 1.54) is 17.0 Å². The molecule has 0 saturated carbocycles. The molecule has 3 unspecified atom stereocenters. The van der Waals surface area contributed by atoms with Gasteiger partial charge in [0.25, 0.3) is 5.91 Å². The molecule has 1 saturated heterocycles. The van der Waals surface area contributed by atoms with Crippen LogP contribution in [0.2, 0.25) is 5.02 Å². The monoisotopic (exact) mass is 312 g/mol. The number of carbonyl (C=O) groups excluding carboxylic acids is 2. The van der Waals surface area contributed by atoms with Crippen molar-refractivity contribution in [2.75, 3.05) is 4.90 Å². The molecule has 1 aliphatic heterocycles. The van der Waals surface area contributed by atoms with Crippen molar-refractivity contribution >= 4 is 29.1 Å². The first kappa shape index (κ1) is 15.8. The molecule has 1 N–H and O–H groups in total. The number of piperazine rings is 1. The Balaban J connectivity index is 2.43. The highest BCUT2D eigenvalue weighted by Gasteiger charge is 2.41. The van der Waals surface area contributed by atoms with Crippen LogP contribution in [0.15, 0.2) is 18.2 Å². The van der Waals surface area contributed by atoms with Crippen LogP contribution in [0.5, 0.6) is 0 Å². The lowest BCUT2D eigenvalue weighted by atomic mass is 9.94. The number of hydrogen-bond donors (Lipinski definition) is 1. The van der Waals surface area contributed by atoms with E-state index in [-0.39, 0.29) is 28.4 Å². The first-order valence-electron chi connectivity index (χ1n) is 6.95. The van der Waals surface area contributed by atoms with Gasteiger partial charge in [-0.3, -0.25) is 14.5 Å². The number of amides is 2. The molecule has 1 heterocycles. The first-order valence-corrected chi connectivity index (χ1v) is 7.33. The number of rotatable bonds is 3. The molecular formula is C15H18ClFN2O2. The fourth-order valence-corrected chi connectivity index (χ4v) is 2.58. The highest BCUT2D eigenvalue weighted by molar-refractivity contribution is 6.30. The lowest BCUT2D eigenvalue weighted by Gasteiger charge is -2.39. The van der Waals surface area contributed by atoms with Crippen LogP contribution in [-0.2, 0) is 9.59 Å². The summed E-state index contributed by atoms with van der Waals surface area (Å²) in [6.45, 7) is 5.40. The molecule has 1 aromatic rings. The van der Waals surface area contributed by atoms with E-state index < -0.39 is 17.9 Å². The summed E-state index contributed by atoms with van der Waals surface area (Å²) in [7, 11) is 0. The molecule has 4 nitrogen and oxygen atoms in total. The molecule has 0 radical (unpaired) electrons. The minimum Gasteiger partial charge on any atom is -0.342 e. The third-order valence-electron chi connectivity index (χ3n) is 3.95. The Labute approximate surface area is 128 Å². The molecule has 1 fully saturated rings. The van der Waals surface area contributed by atoms with Crippen LogP contribution in [0, 0.1) is 11.7 Å². The number of benzene rings is 1. The molecule has 6 heteroatoms. The van der Waals surface area contributed by atoms with E-state index in [0.717, 1.165) is 12.5 Å². The Kier molecular flexibility index (Phi) is 4.52. The van der Waals surface area contributed by atoms with Crippen molar-refractivity contribution in [3.05, 3.63) is 29.0 Å². The minimum atomic E-state index is -0.756. The third kappa shape index (κ3) is 2.88. The Bertz CT molecular complexity index is 579. The van der Waals surface area contributed by atoms with E-state index in [1.54, 1.807) is 6.92 Å². The van der Waals surface area contributed by atoms with Gasteiger partial charge in [-0.2, -0.15) is 0 Å². The van der Waals surface area contributed by atoms with Crippen molar-refractivity contribution in [3.63, 3.8) is 0 Å². The van der Waals surface area contributed by atoms with Crippen LogP contribution in [-0.4, -0.2) is 23.9 Å². The maximum absolute atomic E-state index is 14.1. The maximum Gasteiger partial charge on any atom is 0.250 e. The van der Waals surface area contributed by atoms with Crippen molar-refractivity contribution < 1.29 is 14.0 Å². The second-order valence-corrected chi connectivity index (χ2v) is 5.79. The standard InChI is InChI=1S/C15H18ClFN2O2/c1-4-8(2)13-15(21)19(9(3)14(20)18-13)12-6-5-10(16)7-11(12)17/h5-9,13H,4H2,1-3H3,(H,18,20). The second-order valence-electron chi connectivity index (χ2n) is 5.35. The molecule has 3 atom stereocenters. The van der Waals surface area contributed by atoms with Crippen molar-refractivity contribution in [3.8, 4) is 0 Å². The summed E-state index contributed by atoms with van der Waals surface area (Å²) in [5, 5.41) is 2.97. The van der Waals surface area contributed by atoms with Crippen molar-refractivity contribution in [2.24, 2.45) is 5.92 Å². The zero-order chi connectivity index (χ0) is 15.7. The quantitative estimate of drug-likeness (QED) is 0.933. The van der Waals surface area contributed by atoms with Gasteiger partial charge < -0.3 is 5.32 Å². The maximum atomic E-state index is 14.1. The van der Waals surface area contributed by atoms with E-state index in [0.29, 0.717) is 0 Å². The third-order valence-corrected chi connectivity index (χ3v) is 4.19. The van der Waals surface area contributed by atoms with Gasteiger partial charge in [0, 0.05) is 5.02 Å². The van der Waals surface area contributed by atoms with Crippen LogP contribution in [0.4, 0.5) is 10.1 Å². The van der Waals surface area contributed by atoms with E-state index in [2.05, 4.69) is 5.32 Å². The molecule has 0 bridgehead atoms. The SMILES string of the molecule is CCC(C)C1NC(=O)C(C)N(c2ccc(Cl)cc2F)C1=O. The van der Waals surface area contributed by atoms with Gasteiger partial charge in [-0.25, -0.2) is 4.39 Å². The average Bonchev–Trinajstić information content (AvgIpc) is 2.44. The number of nitrogens with zero attached hydrogens (tertiary/aromatic N) is 1. The Hall–Kier alpha value is -1.62. The predicted octanol–water partition coefficient (Wildman–Crippen LogP) is 2.75. The number of hydrogen-bond acceptors (Lipinski definition) is 2. The first-order chi connectivity index (χ1) is 9.86. The second kappa shape index (κ2) is 6.02. The summed E-state index contributed by atoms with van der Waals surface area (Å²) in [5.41, 5.74) is 0.0834. The van der Waals surface area contributed by atoms with Gasteiger partial charge in [0.15, 0.2) is 0 Å². The molecule has 21 heavy (non-hydrogen) atoms. The van der Waals surface area contributed by atoms with Gasteiger partial charge in [0.1, 0.15) is 17.9 Å². The summed E-state index contributed by atoms with van der Waals surface area (Å²) in [6.07, 6.45) is 0.738. The van der Waals surface area contributed by atoms with E-state index in [9.17, 15) is 14.0 Å². The molecule has 0 spiro atoms. The van der Waals surface area contributed by atoms with Crippen molar-refractivity contribution in [1.29, 1.82) is 0 Å². The summed E-state index contributed by atoms with van der Waals surface area (Å²) in [4.78, 5) is 25.9. The van der Waals surface area contributed by atoms with Crippen LogP contribution in [0.3, 0.4) is 0 Å². The summed E-state index contributed by atoms with van der Waals surface area (Å²) >= 11 is 5.74. The molecule has 0 aliphatic carbocycles. The molecule has 1 aromatic carbocycles. The van der Waals surface area contributed by atoms with Crippen molar-refractivity contribution in [2.45, 2.75) is 39.3 Å². The molecule has 0 aromatic heterocycles. The summed E-state index contributed by atoms with van der Waals surface area (Å²) < 4.78 is 14.1. The lowest BCUT2D eigenvalue weighted by Crippen LogP contribution is -2.64. The fourth-order valence-electron chi connectivity index (χ4n) is 2.42. The van der Waals surface area contributed by atoms with E-state index in [1.807, 2.05) is 13.8 Å². The van der Waals surface area contributed by atoms with Crippen LogP contribution >= 0.6 is 11.6 Å². The zero-order valence-electron chi connectivity index (χ0n) is 12.2. The Morgan fingerprint density at radius 1 is 1.43 bits per heavy atom. The topological polar surface area (TPSA) is 49.4 Å². The number of anilines is 1. The fraction of sp³-hybridized carbons (Fsp3) is 0.467. The molecule has 114 valence electrons. The van der Waals surface area contributed by atoms with Gasteiger partial charge >= 0.3 is 0 Å². The largest absolute Gasteiger partial charge is 0.342 e. The van der Waals surface area contributed by atoms with Crippen molar-refractivity contribution in [1.82, 2.24) is 5.32 Å². The summed E-state index contributed by atoms with van der Waals surface area (Å²) in [6, 6.07) is 2.69. The summed E-state index contributed by atoms with van der Waals surface area (Å²) in [5.74, 6) is -1.21. The number of nitrogens with one attached hydrogen (secondary N) is 1. The highest BCUT2D eigenvalue weighted by atomic mass is 35.5. The molecule has 2 amide bonds. The van der Waals surface area contributed by atoms with Crippen LogP contribution in [0.1, 0.15) is 27.2 Å². The van der Waals surface area contributed by atoms with E-state index >= 15 is 0 Å². The zero-order valence-corrected chi connectivity index (χ0v) is 12.9. The number of halogens is 2. The van der Waals surface area contributed by atoms with Gasteiger partial charge in [0.05, 0.1) is 5.69 Å². The van der Waals surface area contributed by atoms with E-state index in [4.69, 9.17) is 11.6 Å². The Morgan fingerprint density at radius 3 is 2.67 bits per heavy atom. The van der Waals surface area contributed by atoms with Gasteiger partial charge in [-0.15, -0.1) is 0 Å². The normalized spacial score (nSPS) is 24.0. The minimum absolute atomic E-state index is 0.0215. The number of carbonyl (C=O) groups is 2.